The van der Waals surface area contributed by atoms with Crippen LogP contribution in [0.3, 0.4) is 0 Å². The Kier molecular flexibility index (Phi) is 3.79. The predicted octanol–water partition coefficient (Wildman–Crippen LogP) is 1.33. The smallest absolute Gasteiger partial charge is 0.240 e. The van der Waals surface area contributed by atoms with Crippen LogP contribution in [-0.4, -0.2) is 20.3 Å². The summed E-state index contributed by atoms with van der Waals surface area (Å²) in [4.78, 5) is 8.22. The van der Waals surface area contributed by atoms with Crippen molar-refractivity contribution < 1.29 is 9.05 Å². The van der Waals surface area contributed by atoms with Crippen molar-refractivity contribution in [2.45, 2.75) is 19.5 Å². The predicted molar refractivity (Wildman–Crippen MR) is 68.4 cm³/mol. The molecular weight excluding hydrogens is 258 g/mol. The minimum Gasteiger partial charge on any atom is -0.343 e. The fourth-order valence-corrected chi connectivity index (χ4v) is 1.76. The normalized spacial score (nSPS) is 10.8. The molecule has 0 saturated carbocycles. The summed E-state index contributed by atoms with van der Waals surface area (Å²) < 4.78 is 9.80. The second-order valence-electron chi connectivity index (χ2n) is 4.22. The third-order valence-corrected chi connectivity index (χ3v) is 2.68. The molecule has 0 radical (unpaired) electrons. The molecule has 0 saturated heterocycles. The van der Waals surface area contributed by atoms with E-state index in [1.54, 1.807) is 0 Å². The Morgan fingerprint density at radius 2 is 1.90 bits per heavy atom. The average Bonchev–Trinajstić information content (AvgIpc) is 3.12. The first kappa shape index (κ1) is 12.5. The fourth-order valence-electron chi connectivity index (χ4n) is 1.76. The molecule has 1 N–H and O–H groups in total. The maximum absolute atomic E-state index is 5.17. The van der Waals surface area contributed by atoms with Crippen molar-refractivity contribution in [3.63, 3.8) is 0 Å². The third kappa shape index (κ3) is 3.27. The highest BCUT2D eigenvalue weighted by Crippen LogP contribution is 2.06. The highest BCUT2D eigenvalue weighted by atomic mass is 16.5. The summed E-state index contributed by atoms with van der Waals surface area (Å²) in [6.07, 6.45) is 1.96. The van der Waals surface area contributed by atoms with Crippen LogP contribution in [0.15, 0.2) is 45.8 Å². The lowest BCUT2D eigenvalue weighted by molar-refractivity contribution is 0.360. The summed E-state index contributed by atoms with van der Waals surface area (Å²) in [5.41, 5.74) is 1.15. The van der Waals surface area contributed by atoms with Crippen molar-refractivity contribution in [3.8, 4) is 0 Å². The molecule has 0 aliphatic heterocycles. The molecule has 2 aromatic heterocycles. The molecule has 102 valence electrons. The van der Waals surface area contributed by atoms with Crippen molar-refractivity contribution in [1.82, 2.24) is 25.6 Å². The van der Waals surface area contributed by atoms with Gasteiger partial charge in [0.05, 0.1) is 13.1 Å². The van der Waals surface area contributed by atoms with Crippen LogP contribution in [0.5, 0.6) is 0 Å². The molecule has 7 heteroatoms. The van der Waals surface area contributed by atoms with Crippen LogP contribution in [0.4, 0.5) is 0 Å². The van der Waals surface area contributed by atoms with E-state index in [1.165, 1.54) is 6.39 Å². The molecule has 3 aromatic rings. The summed E-state index contributed by atoms with van der Waals surface area (Å²) in [6.45, 7) is 0.962. The molecule has 20 heavy (non-hydrogen) atoms. The van der Waals surface area contributed by atoms with E-state index in [2.05, 4.69) is 30.1 Å². The number of nitrogens with zero attached hydrogens (tertiary/aromatic N) is 4. The minimum atomic E-state index is 0.469. The van der Waals surface area contributed by atoms with E-state index in [9.17, 15) is 0 Å². The highest BCUT2D eigenvalue weighted by Gasteiger charge is 2.07. The van der Waals surface area contributed by atoms with Crippen LogP contribution >= 0.6 is 0 Å². The lowest BCUT2D eigenvalue weighted by Gasteiger charge is -1.95. The Hall–Kier alpha value is -2.54. The summed E-state index contributed by atoms with van der Waals surface area (Å²) in [5.74, 6) is 1.81. The number of rotatable bonds is 6. The molecule has 0 fully saturated rings. The fraction of sp³-hybridized carbons (Fsp3) is 0.231. The lowest BCUT2D eigenvalue weighted by Crippen LogP contribution is -2.13. The Balaban J connectivity index is 1.52. The van der Waals surface area contributed by atoms with E-state index in [1.807, 2.05) is 30.3 Å². The monoisotopic (exact) mass is 271 g/mol. The van der Waals surface area contributed by atoms with E-state index in [0.29, 0.717) is 37.0 Å². The summed E-state index contributed by atoms with van der Waals surface area (Å²) in [6, 6.07) is 10.0. The van der Waals surface area contributed by atoms with Gasteiger partial charge in [0.25, 0.3) is 0 Å². The largest absolute Gasteiger partial charge is 0.343 e. The van der Waals surface area contributed by atoms with Gasteiger partial charge in [-0.2, -0.15) is 9.97 Å². The maximum Gasteiger partial charge on any atom is 0.240 e. The van der Waals surface area contributed by atoms with E-state index < -0.39 is 0 Å². The number of aromatic nitrogens is 4. The van der Waals surface area contributed by atoms with Crippen molar-refractivity contribution >= 4 is 0 Å². The van der Waals surface area contributed by atoms with Crippen molar-refractivity contribution in [2.24, 2.45) is 0 Å². The van der Waals surface area contributed by atoms with Gasteiger partial charge in [0, 0.05) is 6.42 Å². The molecule has 3 rings (SSSR count). The van der Waals surface area contributed by atoms with Gasteiger partial charge < -0.3 is 14.4 Å². The Bertz CT molecular complexity index is 636. The SMILES string of the molecule is c1ccc(Cc2noc(CNCc3ncon3)n2)cc1. The van der Waals surface area contributed by atoms with Crippen LogP contribution in [0, 0.1) is 0 Å². The molecular formula is C13H13N5O2. The van der Waals surface area contributed by atoms with Crippen molar-refractivity contribution in [2.75, 3.05) is 0 Å². The molecule has 1 aromatic carbocycles. The Labute approximate surface area is 115 Å². The van der Waals surface area contributed by atoms with E-state index in [4.69, 9.17) is 4.52 Å². The molecule has 0 spiro atoms. The zero-order valence-corrected chi connectivity index (χ0v) is 10.7. The zero-order chi connectivity index (χ0) is 13.6. The van der Waals surface area contributed by atoms with Gasteiger partial charge in [-0.25, -0.2) is 0 Å². The maximum atomic E-state index is 5.17. The molecule has 7 nitrogen and oxygen atoms in total. The van der Waals surface area contributed by atoms with Gasteiger partial charge in [0.2, 0.25) is 12.3 Å². The average molecular weight is 271 g/mol. The summed E-state index contributed by atoms with van der Waals surface area (Å²) in [7, 11) is 0. The molecule has 0 amide bonds. The van der Waals surface area contributed by atoms with Crippen LogP contribution in [0.1, 0.15) is 23.1 Å². The van der Waals surface area contributed by atoms with Crippen LogP contribution in [0.25, 0.3) is 0 Å². The number of benzene rings is 1. The van der Waals surface area contributed by atoms with Gasteiger partial charge in [-0.05, 0) is 5.56 Å². The van der Waals surface area contributed by atoms with Gasteiger partial charge in [-0.3, -0.25) is 0 Å². The first-order chi connectivity index (χ1) is 9.90. The van der Waals surface area contributed by atoms with Gasteiger partial charge in [0.1, 0.15) is 0 Å². The Morgan fingerprint density at radius 3 is 2.70 bits per heavy atom. The zero-order valence-electron chi connectivity index (χ0n) is 10.7. The number of hydrogen-bond acceptors (Lipinski definition) is 7. The number of hydrogen-bond donors (Lipinski definition) is 1. The molecule has 0 aliphatic carbocycles. The summed E-state index contributed by atoms with van der Waals surface area (Å²) in [5, 5.41) is 10.7. The van der Waals surface area contributed by atoms with Gasteiger partial charge in [-0.15, -0.1) is 0 Å². The van der Waals surface area contributed by atoms with Gasteiger partial charge in [-0.1, -0.05) is 40.6 Å². The second-order valence-corrected chi connectivity index (χ2v) is 4.22. The summed E-state index contributed by atoms with van der Waals surface area (Å²) >= 11 is 0. The molecule has 0 atom stereocenters. The van der Waals surface area contributed by atoms with Gasteiger partial charge >= 0.3 is 0 Å². The molecule has 0 bridgehead atoms. The lowest BCUT2D eigenvalue weighted by atomic mass is 10.1. The molecule has 0 aliphatic rings. The van der Waals surface area contributed by atoms with E-state index in [-0.39, 0.29) is 0 Å². The first-order valence-corrected chi connectivity index (χ1v) is 6.21. The van der Waals surface area contributed by atoms with Gasteiger partial charge in [0.15, 0.2) is 11.6 Å². The topological polar surface area (TPSA) is 89.9 Å². The van der Waals surface area contributed by atoms with Crippen molar-refractivity contribution in [1.29, 1.82) is 0 Å². The third-order valence-electron chi connectivity index (χ3n) is 2.68. The van der Waals surface area contributed by atoms with Crippen LogP contribution in [0.2, 0.25) is 0 Å². The second kappa shape index (κ2) is 6.07. The first-order valence-electron chi connectivity index (χ1n) is 6.21. The highest BCUT2D eigenvalue weighted by molar-refractivity contribution is 5.18. The molecule has 0 unspecified atom stereocenters. The van der Waals surface area contributed by atoms with E-state index >= 15 is 0 Å². The standard InChI is InChI=1S/C13H13N5O2/c1-2-4-10(5-3-1)6-11-16-13(20-18-11)8-14-7-12-15-9-19-17-12/h1-5,9,14H,6-8H2. The quantitative estimate of drug-likeness (QED) is 0.723. The van der Waals surface area contributed by atoms with Crippen molar-refractivity contribution in [3.05, 3.63) is 59.8 Å². The minimum absolute atomic E-state index is 0.469. The Morgan fingerprint density at radius 1 is 1.00 bits per heavy atom. The van der Waals surface area contributed by atoms with Crippen LogP contribution in [-0.2, 0) is 19.5 Å². The number of nitrogens with one attached hydrogen (secondary N) is 1. The van der Waals surface area contributed by atoms with Crippen LogP contribution < -0.4 is 5.32 Å². The van der Waals surface area contributed by atoms with E-state index in [0.717, 1.165) is 5.56 Å². The molecule has 2 heterocycles.